The zero-order valence-electron chi connectivity index (χ0n) is 10.7. The van der Waals surface area contributed by atoms with Crippen molar-refractivity contribution in [3.63, 3.8) is 0 Å². The molecule has 0 aliphatic heterocycles. The third-order valence-electron chi connectivity index (χ3n) is 3.05. The van der Waals surface area contributed by atoms with Gasteiger partial charge < -0.3 is 14.3 Å². The standard InChI is InChI=1S/C13H16FIN2OS/c1-18-6-4-2-3-5-17-12-7-9(14)10(15)8-11(12)16-13(17)19/h7-8H,2-6H2,1H3,(H,16,19). The molecule has 2 rings (SSSR count). The summed E-state index contributed by atoms with van der Waals surface area (Å²) in [4.78, 5) is 3.13. The minimum atomic E-state index is -0.199. The lowest BCUT2D eigenvalue weighted by molar-refractivity contribution is 0.191. The summed E-state index contributed by atoms with van der Waals surface area (Å²) in [7, 11) is 1.71. The Morgan fingerprint density at radius 2 is 2.16 bits per heavy atom. The number of rotatable bonds is 6. The Balaban J connectivity index is 2.16. The number of fused-ring (bicyclic) bond motifs is 1. The largest absolute Gasteiger partial charge is 0.385 e. The molecule has 0 aliphatic rings. The first kappa shape index (κ1) is 14.9. The number of aromatic amines is 1. The van der Waals surface area contributed by atoms with E-state index in [0.29, 0.717) is 8.34 Å². The number of aromatic nitrogens is 2. The van der Waals surface area contributed by atoms with Gasteiger partial charge in [0, 0.05) is 26.3 Å². The average Bonchev–Trinajstić information content (AvgIpc) is 2.66. The second kappa shape index (κ2) is 6.81. The van der Waals surface area contributed by atoms with E-state index < -0.39 is 0 Å². The van der Waals surface area contributed by atoms with Crippen LogP contribution in [0.3, 0.4) is 0 Å². The number of hydrogen-bond acceptors (Lipinski definition) is 2. The maximum Gasteiger partial charge on any atom is 0.178 e. The number of nitrogens with zero attached hydrogens (tertiary/aromatic N) is 1. The van der Waals surface area contributed by atoms with E-state index in [9.17, 15) is 4.39 Å². The third kappa shape index (κ3) is 3.55. The summed E-state index contributed by atoms with van der Waals surface area (Å²) >= 11 is 7.28. The Bertz CT molecular complexity index is 623. The summed E-state index contributed by atoms with van der Waals surface area (Å²) in [5, 5.41) is 0. The van der Waals surface area contributed by atoms with Crippen molar-refractivity contribution in [2.45, 2.75) is 25.8 Å². The number of unbranched alkanes of at least 4 members (excludes halogenated alkanes) is 2. The summed E-state index contributed by atoms with van der Waals surface area (Å²) in [5.41, 5.74) is 1.74. The summed E-state index contributed by atoms with van der Waals surface area (Å²) in [6.07, 6.45) is 3.13. The van der Waals surface area contributed by atoms with E-state index in [1.54, 1.807) is 19.2 Å². The highest BCUT2D eigenvalue weighted by Crippen LogP contribution is 2.21. The summed E-state index contributed by atoms with van der Waals surface area (Å²) < 4.78 is 21.9. The average molecular weight is 394 g/mol. The Morgan fingerprint density at radius 1 is 1.37 bits per heavy atom. The Kier molecular flexibility index (Phi) is 5.35. The van der Waals surface area contributed by atoms with E-state index in [0.717, 1.165) is 43.4 Å². The fourth-order valence-corrected chi connectivity index (χ4v) is 2.83. The van der Waals surface area contributed by atoms with Crippen molar-refractivity contribution in [1.82, 2.24) is 9.55 Å². The monoisotopic (exact) mass is 394 g/mol. The molecule has 0 radical (unpaired) electrons. The van der Waals surface area contributed by atoms with Crippen LogP contribution in [-0.4, -0.2) is 23.3 Å². The zero-order valence-corrected chi connectivity index (χ0v) is 13.7. The minimum absolute atomic E-state index is 0.199. The van der Waals surface area contributed by atoms with E-state index >= 15 is 0 Å². The molecule has 0 spiro atoms. The van der Waals surface area contributed by atoms with Gasteiger partial charge in [-0.05, 0) is 60.1 Å². The second-order valence-corrected chi connectivity index (χ2v) is 5.97. The predicted octanol–water partition coefficient (Wildman–Crippen LogP) is 4.26. The Morgan fingerprint density at radius 3 is 2.89 bits per heavy atom. The van der Waals surface area contributed by atoms with Gasteiger partial charge in [-0.25, -0.2) is 4.39 Å². The highest BCUT2D eigenvalue weighted by atomic mass is 127. The first-order valence-corrected chi connectivity index (χ1v) is 7.68. The van der Waals surface area contributed by atoms with Gasteiger partial charge in [0.15, 0.2) is 4.77 Å². The van der Waals surface area contributed by atoms with Gasteiger partial charge >= 0.3 is 0 Å². The van der Waals surface area contributed by atoms with Gasteiger partial charge in [-0.2, -0.15) is 0 Å². The van der Waals surface area contributed by atoms with Crippen molar-refractivity contribution in [3.8, 4) is 0 Å². The fourth-order valence-electron chi connectivity index (χ4n) is 2.07. The lowest BCUT2D eigenvalue weighted by atomic mass is 10.2. The van der Waals surface area contributed by atoms with Crippen LogP contribution >= 0.6 is 34.8 Å². The quantitative estimate of drug-likeness (QED) is 0.451. The number of nitrogens with one attached hydrogen (secondary N) is 1. The van der Waals surface area contributed by atoms with Crippen LogP contribution in [0.2, 0.25) is 0 Å². The number of benzene rings is 1. The molecule has 1 aromatic carbocycles. The van der Waals surface area contributed by atoms with Crippen LogP contribution in [0, 0.1) is 14.2 Å². The number of methoxy groups -OCH3 is 1. The van der Waals surface area contributed by atoms with Crippen LogP contribution in [0.1, 0.15) is 19.3 Å². The van der Waals surface area contributed by atoms with E-state index in [1.165, 1.54) is 0 Å². The van der Waals surface area contributed by atoms with Crippen molar-refractivity contribution < 1.29 is 9.13 Å². The van der Waals surface area contributed by atoms with Gasteiger partial charge in [-0.1, -0.05) is 0 Å². The molecule has 0 saturated carbocycles. The molecular weight excluding hydrogens is 378 g/mol. The molecule has 19 heavy (non-hydrogen) atoms. The van der Waals surface area contributed by atoms with Crippen LogP contribution in [0.4, 0.5) is 4.39 Å². The molecule has 0 amide bonds. The van der Waals surface area contributed by atoms with E-state index in [4.69, 9.17) is 17.0 Å². The summed E-state index contributed by atoms with van der Waals surface area (Å²) in [6, 6.07) is 3.35. The first-order chi connectivity index (χ1) is 9.13. The highest BCUT2D eigenvalue weighted by Gasteiger charge is 2.08. The molecule has 0 bridgehead atoms. The lowest BCUT2D eigenvalue weighted by Crippen LogP contribution is -1.99. The molecule has 1 heterocycles. The van der Waals surface area contributed by atoms with Crippen LogP contribution < -0.4 is 0 Å². The summed E-state index contributed by atoms with van der Waals surface area (Å²) in [5.74, 6) is -0.199. The zero-order chi connectivity index (χ0) is 13.8. The van der Waals surface area contributed by atoms with Gasteiger partial charge in [0.2, 0.25) is 0 Å². The van der Waals surface area contributed by atoms with E-state index in [1.807, 2.05) is 27.2 Å². The Labute approximate surface area is 130 Å². The number of aryl methyl sites for hydroxylation is 1. The summed E-state index contributed by atoms with van der Waals surface area (Å²) in [6.45, 7) is 1.59. The van der Waals surface area contributed by atoms with Gasteiger partial charge in [-0.15, -0.1) is 0 Å². The molecule has 0 fully saturated rings. The van der Waals surface area contributed by atoms with Gasteiger partial charge in [-0.3, -0.25) is 0 Å². The first-order valence-electron chi connectivity index (χ1n) is 6.20. The molecule has 0 saturated heterocycles. The SMILES string of the molecule is COCCCCCn1c(=S)[nH]c2cc(I)c(F)cc21. The van der Waals surface area contributed by atoms with Crippen molar-refractivity contribution in [3.05, 3.63) is 26.3 Å². The van der Waals surface area contributed by atoms with Gasteiger partial charge in [0.25, 0.3) is 0 Å². The van der Waals surface area contributed by atoms with Crippen molar-refractivity contribution >= 4 is 45.8 Å². The number of ether oxygens (including phenoxy) is 1. The number of hydrogen-bond donors (Lipinski definition) is 1. The van der Waals surface area contributed by atoms with Crippen LogP contribution in [-0.2, 0) is 11.3 Å². The number of H-pyrrole nitrogens is 1. The van der Waals surface area contributed by atoms with Crippen molar-refractivity contribution in [2.75, 3.05) is 13.7 Å². The third-order valence-corrected chi connectivity index (χ3v) is 4.20. The molecule has 104 valence electrons. The molecule has 1 N–H and O–H groups in total. The van der Waals surface area contributed by atoms with Crippen molar-refractivity contribution in [2.24, 2.45) is 0 Å². The van der Waals surface area contributed by atoms with Crippen LogP contribution in [0.5, 0.6) is 0 Å². The number of halogens is 2. The molecule has 0 atom stereocenters. The highest BCUT2D eigenvalue weighted by molar-refractivity contribution is 14.1. The molecule has 2 aromatic rings. The van der Waals surface area contributed by atoms with E-state index in [2.05, 4.69) is 4.98 Å². The van der Waals surface area contributed by atoms with E-state index in [-0.39, 0.29) is 5.82 Å². The molecule has 6 heteroatoms. The fraction of sp³-hybridized carbons (Fsp3) is 0.462. The molecule has 1 aromatic heterocycles. The Hall–Kier alpha value is -0.470. The molecule has 0 aliphatic carbocycles. The van der Waals surface area contributed by atoms with Crippen LogP contribution in [0.25, 0.3) is 11.0 Å². The van der Waals surface area contributed by atoms with Crippen molar-refractivity contribution in [1.29, 1.82) is 0 Å². The smallest absolute Gasteiger partial charge is 0.178 e. The predicted molar refractivity (Wildman–Crippen MR) is 85.5 cm³/mol. The van der Waals surface area contributed by atoms with Crippen LogP contribution in [0.15, 0.2) is 12.1 Å². The molecular formula is C13H16FIN2OS. The minimum Gasteiger partial charge on any atom is -0.385 e. The maximum atomic E-state index is 13.6. The normalized spacial score (nSPS) is 11.3. The van der Waals surface area contributed by atoms with Gasteiger partial charge in [0.1, 0.15) is 5.82 Å². The molecule has 3 nitrogen and oxygen atoms in total. The van der Waals surface area contributed by atoms with Gasteiger partial charge in [0.05, 0.1) is 14.6 Å². The number of imidazole rings is 1. The lowest BCUT2D eigenvalue weighted by Gasteiger charge is -2.05. The topological polar surface area (TPSA) is 29.9 Å². The second-order valence-electron chi connectivity index (χ2n) is 4.42. The molecule has 0 unspecified atom stereocenters. The maximum absolute atomic E-state index is 13.6.